The molecule has 1 aliphatic rings. The number of ether oxygens (including phenoxy) is 1. The number of aliphatic hydroxyl groups excluding tert-OH is 1. The lowest BCUT2D eigenvalue weighted by molar-refractivity contribution is 0.116. The molecule has 0 radical (unpaired) electrons. The van der Waals surface area contributed by atoms with Crippen LogP contribution in [0.2, 0.25) is 0 Å². The predicted molar refractivity (Wildman–Crippen MR) is 75.4 cm³/mol. The number of rotatable bonds is 2. The van der Waals surface area contributed by atoms with Crippen molar-refractivity contribution in [3.63, 3.8) is 0 Å². The first-order valence-corrected chi connectivity index (χ1v) is 6.82. The van der Waals surface area contributed by atoms with Gasteiger partial charge in [-0.2, -0.15) is 0 Å². The second-order valence-corrected chi connectivity index (χ2v) is 5.23. The maximum atomic E-state index is 13.4. The molecule has 0 aliphatic carbocycles. The van der Waals surface area contributed by atoms with Crippen LogP contribution < -0.4 is 4.74 Å². The Morgan fingerprint density at radius 2 is 2.05 bits per heavy atom. The number of para-hydroxylation sites is 1. The van der Waals surface area contributed by atoms with Crippen molar-refractivity contribution in [1.29, 1.82) is 0 Å². The Bertz CT molecular complexity index is 624. The van der Waals surface area contributed by atoms with Crippen molar-refractivity contribution in [2.75, 3.05) is 6.61 Å². The number of hydrogen-bond donors (Lipinski definition) is 1. The lowest BCUT2D eigenvalue weighted by Crippen LogP contribution is -2.20. The van der Waals surface area contributed by atoms with Crippen molar-refractivity contribution in [3.8, 4) is 5.75 Å². The van der Waals surface area contributed by atoms with Crippen LogP contribution in [-0.2, 0) is 0 Å². The number of hydrogen-bond acceptors (Lipinski definition) is 2. The van der Waals surface area contributed by atoms with E-state index < -0.39 is 6.10 Å². The first-order valence-electron chi connectivity index (χ1n) is 6.82. The normalized spacial score (nSPS) is 19.1. The molecule has 0 saturated carbocycles. The lowest BCUT2D eigenvalue weighted by Gasteiger charge is -2.30. The summed E-state index contributed by atoms with van der Waals surface area (Å²) in [6.45, 7) is 2.47. The van der Waals surface area contributed by atoms with Gasteiger partial charge in [0.15, 0.2) is 0 Å². The number of benzene rings is 2. The molecule has 0 spiro atoms. The van der Waals surface area contributed by atoms with E-state index >= 15 is 0 Å². The van der Waals surface area contributed by atoms with Crippen molar-refractivity contribution < 1.29 is 14.2 Å². The molecule has 20 heavy (non-hydrogen) atoms. The molecule has 2 unspecified atom stereocenters. The topological polar surface area (TPSA) is 29.5 Å². The molecule has 104 valence electrons. The van der Waals surface area contributed by atoms with Gasteiger partial charge in [0.1, 0.15) is 11.6 Å². The zero-order chi connectivity index (χ0) is 14.1. The highest BCUT2D eigenvalue weighted by Gasteiger charge is 2.29. The molecular formula is C17H17FO2. The molecule has 0 amide bonds. The minimum atomic E-state index is -0.712. The van der Waals surface area contributed by atoms with E-state index in [1.165, 1.54) is 12.1 Å². The van der Waals surface area contributed by atoms with Crippen molar-refractivity contribution in [3.05, 3.63) is 65.0 Å². The summed E-state index contributed by atoms with van der Waals surface area (Å²) in [7, 11) is 0. The molecule has 3 heteroatoms. The van der Waals surface area contributed by atoms with Gasteiger partial charge in [-0.1, -0.05) is 24.3 Å². The molecule has 2 atom stereocenters. The first-order chi connectivity index (χ1) is 9.66. The van der Waals surface area contributed by atoms with Crippen LogP contribution in [0.5, 0.6) is 5.75 Å². The Labute approximate surface area is 117 Å². The molecule has 0 saturated heterocycles. The van der Waals surface area contributed by atoms with Crippen LogP contribution in [-0.4, -0.2) is 11.7 Å². The standard InChI is InChI=1S/C17H17FO2/c1-11-6-7-12(18)10-15(11)17(19)14-8-9-20-16-5-3-2-4-13(14)16/h2-7,10,14,17,19H,8-9H2,1H3. The first kappa shape index (κ1) is 13.1. The number of aliphatic hydroxyl groups is 1. The molecule has 1 N–H and O–H groups in total. The lowest BCUT2D eigenvalue weighted by atomic mass is 9.84. The van der Waals surface area contributed by atoms with E-state index in [0.29, 0.717) is 12.2 Å². The molecule has 2 nitrogen and oxygen atoms in total. The van der Waals surface area contributed by atoms with Crippen molar-refractivity contribution in [1.82, 2.24) is 0 Å². The summed E-state index contributed by atoms with van der Waals surface area (Å²) in [5, 5.41) is 10.7. The SMILES string of the molecule is Cc1ccc(F)cc1C(O)C1CCOc2ccccc21. The van der Waals surface area contributed by atoms with E-state index in [1.807, 2.05) is 31.2 Å². The third kappa shape index (κ3) is 2.29. The van der Waals surface area contributed by atoms with Crippen LogP contribution in [0.15, 0.2) is 42.5 Å². The van der Waals surface area contributed by atoms with Gasteiger partial charge in [-0.3, -0.25) is 0 Å². The van der Waals surface area contributed by atoms with Gasteiger partial charge in [0.05, 0.1) is 12.7 Å². The Hall–Kier alpha value is -1.87. The third-order valence-corrected chi connectivity index (χ3v) is 3.95. The van der Waals surface area contributed by atoms with Crippen LogP contribution in [0.25, 0.3) is 0 Å². The van der Waals surface area contributed by atoms with Gasteiger partial charge in [0, 0.05) is 11.5 Å². The van der Waals surface area contributed by atoms with Crippen LogP contribution in [0.3, 0.4) is 0 Å². The average Bonchev–Trinajstić information content (AvgIpc) is 2.48. The van der Waals surface area contributed by atoms with Gasteiger partial charge < -0.3 is 9.84 Å². The van der Waals surface area contributed by atoms with Gasteiger partial charge in [-0.15, -0.1) is 0 Å². The fourth-order valence-electron chi connectivity index (χ4n) is 2.84. The molecule has 0 fully saturated rings. The zero-order valence-electron chi connectivity index (χ0n) is 11.3. The minimum Gasteiger partial charge on any atom is -0.493 e. The van der Waals surface area contributed by atoms with E-state index in [2.05, 4.69) is 0 Å². The number of aryl methyl sites for hydroxylation is 1. The maximum absolute atomic E-state index is 13.4. The van der Waals surface area contributed by atoms with Gasteiger partial charge in [-0.05, 0) is 42.7 Å². The van der Waals surface area contributed by atoms with Crippen LogP contribution in [0.4, 0.5) is 4.39 Å². The third-order valence-electron chi connectivity index (χ3n) is 3.95. The number of halogens is 1. The largest absolute Gasteiger partial charge is 0.493 e. The monoisotopic (exact) mass is 272 g/mol. The second kappa shape index (κ2) is 5.25. The summed E-state index contributed by atoms with van der Waals surface area (Å²) < 4.78 is 19.0. The molecule has 2 aromatic carbocycles. The quantitative estimate of drug-likeness (QED) is 0.902. The summed E-state index contributed by atoms with van der Waals surface area (Å²) in [6.07, 6.45) is 0.0180. The fraction of sp³-hybridized carbons (Fsp3) is 0.294. The predicted octanol–water partition coefficient (Wildman–Crippen LogP) is 3.73. The van der Waals surface area contributed by atoms with Gasteiger partial charge in [0.2, 0.25) is 0 Å². The van der Waals surface area contributed by atoms with E-state index in [1.54, 1.807) is 6.07 Å². The van der Waals surface area contributed by atoms with Gasteiger partial charge in [-0.25, -0.2) is 4.39 Å². The zero-order valence-corrected chi connectivity index (χ0v) is 11.3. The molecule has 2 aromatic rings. The molecule has 3 rings (SSSR count). The Balaban J connectivity index is 1.99. The second-order valence-electron chi connectivity index (χ2n) is 5.23. The Morgan fingerprint density at radius 3 is 2.90 bits per heavy atom. The van der Waals surface area contributed by atoms with Crippen molar-refractivity contribution in [2.45, 2.75) is 25.4 Å². The molecule has 0 aromatic heterocycles. The molecule has 1 aliphatic heterocycles. The summed E-state index contributed by atoms with van der Waals surface area (Å²) in [6, 6.07) is 12.3. The van der Waals surface area contributed by atoms with E-state index in [9.17, 15) is 9.50 Å². The Kier molecular flexibility index (Phi) is 3.45. The van der Waals surface area contributed by atoms with E-state index in [0.717, 1.165) is 23.3 Å². The summed E-state index contributed by atoms with van der Waals surface area (Å²) in [5.41, 5.74) is 2.56. The fourth-order valence-corrected chi connectivity index (χ4v) is 2.84. The van der Waals surface area contributed by atoms with Crippen molar-refractivity contribution in [2.24, 2.45) is 0 Å². The maximum Gasteiger partial charge on any atom is 0.123 e. The highest BCUT2D eigenvalue weighted by molar-refractivity contribution is 5.41. The average molecular weight is 272 g/mol. The highest BCUT2D eigenvalue weighted by atomic mass is 19.1. The van der Waals surface area contributed by atoms with E-state index in [-0.39, 0.29) is 11.7 Å². The van der Waals surface area contributed by atoms with Gasteiger partial charge >= 0.3 is 0 Å². The van der Waals surface area contributed by atoms with Crippen molar-refractivity contribution >= 4 is 0 Å². The molecule has 0 bridgehead atoms. The number of fused-ring (bicyclic) bond motifs is 1. The summed E-state index contributed by atoms with van der Waals surface area (Å²) >= 11 is 0. The highest BCUT2D eigenvalue weighted by Crippen LogP contribution is 2.41. The minimum absolute atomic E-state index is 0.0551. The molecular weight excluding hydrogens is 255 g/mol. The van der Waals surface area contributed by atoms with Gasteiger partial charge in [0.25, 0.3) is 0 Å². The van der Waals surface area contributed by atoms with Crippen LogP contribution in [0.1, 0.15) is 35.1 Å². The van der Waals surface area contributed by atoms with Crippen LogP contribution in [0, 0.1) is 12.7 Å². The smallest absolute Gasteiger partial charge is 0.123 e. The Morgan fingerprint density at radius 1 is 1.25 bits per heavy atom. The molecule has 1 heterocycles. The van der Waals surface area contributed by atoms with Crippen LogP contribution >= 0.6 is 0 Å². The summed E-state index contributed by atoms with van der Waals surface area (Å²) in [5.74, 6) is 0.447. The summed E-state index contributed by atoms with van der Waals surface area (Å²) in [4.78, 5) is 0. The van der Waals surface area contributed by atoms with E-state index in [4.69, 9.17) is 4.74 Å².